The van der Waals surface area contributed by atoms with Crippen LogP contribution in [0.25, 0.3) is 0 Å². The summed E-state index contributed by atoms with van der Waals surface area (Å²) in [5.74, 6) is 0.285. The molecule has 1 saturated heterocycles. The van der Waals surface area contributed by atoms with Gasteiger partial charge in [-0.15, -0.1) is 0 Å². The van der Waals surface area contributed by atoms with E-state index in [-0.39, 0.29) is 5.75 Å². The van der Waals surface area contributed by atoms with E-state index >= 15 is 0 Å². The van der Waals surface area contributed by atoms with Crippen molar-refractivity contribution in [1.82, 2.24) is 5.32 Å². The highest BCUT2D eigenvalue weighted by atomic mass is 35.5. The molecule has 1 aromatic carbocycles. The molecule has 1 fully saturated rings. The number of halogens is 1. The molecule has 1 atom stereocenters. The summed E-state index contributed by atoms with van der Waals surface area (Å²) in [6.45, 7) is 0.954. The predicted molar refractivity (Wildman–Crippen MR) is 43.9 cm³/mol. The Balaban J connectivity index is 2.39. The number of benzene rings is 1. The molecule has 11 heavy (non-hydrogen) atoms. The van der Waals surface area contributed by atoms with E-state index in [1.54, 1.807) is 12.1 Å². The van der Waals surface area contributed by atoms with Crippen molar-refractivity contribution in [1.29, 1.82) is 0 Å². The molecule has 2 N–H and O–H groups in total. The Morgan fingerprint density at radius 2 is 2.27 bits per heavy atom. The van der Waals surface area contributed by atoms with Crippen molar-refractivity contribution in [3.8, 4) is 5.75 Å². The van der Waals surface area contributed by atoms with Gasteiger partial charge in [-0.25, -0.2) is 0 Å². The maximum absolute atomic E-state index is 9.38. The van der Waals surface area contributed by atoms with Gasteiger partial charge < -0.3 is 10.4 Å². The minimum Gasteiger partial charge on any atom is -0.508 e. The molecule has 1 heterocycles. The van der Waals surface area contributed by atoms with Crippen LogP contribution in [0.3, 0.4) is 0 Å². The third-order valence-corrected chi connectivity index (χ3v) is 2.01. The highest BCUT2D eigenvalue weighted by Crippen LogP contribution is 2.31. The number of phenols is 1. The molecular formula is C8H8ClNO. The van der Waals surface area contributed by atoms with Crippen molar-refractivity contribution in [2.75, 3.05) is 6.54 Å². The van der Waals surface area contributed by atoms with Gasteiger partial charge in [0.15, 0.2) is 0 Å². The molecule has 0 spiro atoms. The fraction of sp³-hybridized carbons (Fsp3) is 0.250. The number of aromatic hydroxyl groups is 1. The van der Waals surface area contributed by atoms with Crippen LogP contribution in [0.5, 0.6) is 5.75 Å². The zero-order valence-electron chi connectivity index (χ0n) is 5.84. The number of hydrogen-bond acceptors (Lipinski definition) is 2. The minimum atomic E-state index is 0.285. The summed E-state index contributed by atoms with van der Waals surface area (Å²) in [7, 11) is 0. The predicted octanol–water partition coefficient (Wildman–Crippen LogP) is 1.69. The summed E-state index contributed by atoms with van der Waals surface area (Å²) in [6.07, 6.45) is 0. The first-order valence-corrected chi connectivity index (χ1v) is 3.87. The summed E-state index contributed by atoms with van der Waals surface area (Å²) >= 11 is 5.66. The molecule has 0 bridgehead atoms. The minimum absolute atomic E-state index is 0.285. The average molecular weight is 170 g/mol. The second-order valence-electron chi connectivity index (χ2n) is 2.66. The van der Waals surface area contributed by atoms with E-state index < -0.39 is 0 Å². The molecule has 3 heteroatoms. The van der Waals surface area contributed by atoms with E-state index in [1.807, 2.05) is 6.07 Å². The van der Waals surface area contributed by atoms with Crippen molar-refractivity contribution >= 4 is 11.6 Å². The van der Waals surface area contributed by atoms with E-state index in [9.17, 15) is 5.11 Å². The summed E-state index contributed by atoms with van der Waals surface area (Å²) in [5, 5.41) is 13.1. The Kier molecular flexibility index (Phi) is 1.51. The lowest BCUT2D eigenvalue weighted by Crippen LogP contribution is -1.84. The van der Waals surface area contributed by atoms with Crippen LogP contribution in [0.4, 0.5) is 0 Å². The Morgan fingerprint density at radius 1 is 1.55 bits per heavy atom. The van der Waals surface area contributed by atoms with Crippen LogP contribution >= 0.6 is 11.6 Å². The van der Waals surface area contributed by atoms with Gasteiger partial charge in [0.2, 0.25) is 0 Å². The number of hydrogen-bond donors (Lipinski definition) is 2. The zero-order valence-corrected chi connectivity index (χ0v) is 6.60. The van der Waals surface area contributed by atoms with E-state index in [2.05, 4.69) is 5.32 Å². The first kappa shape index (κ1) is 6.95. The zero-order chi connectivity index (χ0) is 7.84. The monoisotopic (exact) mass is 169 g/mol. The molecular weight excluding hydrogens is 162 g/mol. The highest BCUT2D eigenvalue weighted by Gasteiger charge is 2.24. The van der Waals surface area contributed by atoms with Crippen molar-refractivity contribution in [2.24, 2.45) is 0 Å². The number of nitrogens with one attached hydrogen (secondary N) is 1. The molecule has 1 aliphatic heterocycles. The fourth-order valence-corrected chi connectivity index (χ4v) is 1.26. The Hall–Kier alpha value is -0.730. The van der Waals surface area contributed by atoms with Gasteiger partial charge in [0.25, 0.3) is 0 Å². The highest BCUT2D eigenvalue weighted by molar-refractivity contribution is 6.30. The van der Waals surface area contributed by atoms with Crippen LogP contribution in [-0.2, 0) is 0 Å². The summed E-state index contributed by atoms with van der Waals surface area (Å²) in [5.41, 5.74) is 0.939. The SMILES string of the molecule is Oc1cc(Cl)ccc1[C@H]1CN1. The van der Waals surface area contributed by atoms with Gasteiger partial charge in [-0.05, 0) is 12.1 Å². The molecule has 1 aliphatic rings. The number of phenolic OH excluding ortho intramolecular Hbond substituents is 1. The summed E-state index contributed by atoms with van der Waals surface area (Å²) < 4.78 is 0. The van der Waals surface area contributed by atoms with Crippen molar-refractivity contribution < 1.29 is 5.11 Å². The van der Waals surface area contributed by atoms with E-state index in [0.29, 0.717) is 11.1 Å². The summed E-state index contributed by atoms with van der Waals surface area (Å²) in [4.78, 5) is 0. The van der Waals surface area contributed by atoms with E-state index in [1.165, 1.54) is 0 Å². The Labute approximate surface area is 69.8 Å². The molecule has 0 radical (unpaired) electrons. The number of rotatable bonds is 1. The first-order chi connectivity index (χ1) is 5.27. The van der Waals surface area contributed by atoms with Gasteiger partial charge in [0.1, 0.15) is 5.75 Å². The third-order valence-electron chi connectivity index (χ3n) is 1.78. The van der Waals surface area contributed by atoms with Gasteiger partial charge in [0.05, 0.1) is 0 Å². The van der Waals surface area contributed by atoms with Gasteiger partial charge in [0, 0.05) is 23.2 Å². The second kappa shape index (κ2) is 2.40. The van der Waals surface area contributed by atoms with Crippen LogP contribution < -0.4 is 5.32 Å². The van der Waals surface area contributed by atoms with Crippen LogP contribution in [0, 0.1) is 0 Å². The quantitative estimate of drug-likeness (QED) is 0.629. The fourth-order valence-electron chi connectivity index (χ4n) is 1.09. The molecule has 58 valence electrons. The van der Waals surface area contributed by atoms with Gasteiger partial charge in [-0.3, -0.25) is 0 Å². The summed E-state index contributed by atoms with van der Waals surface area (Å²) in [6, 6.07) is 5.54. The van der Waals surface area contributed by atoms with Gasteiger partial charge in [-0.1, -0.05) is 17.7 Å². The topological polar surface area (TPSA) is 42.2 Å². The first-order valence-electron chi connectivity index (χ1n) is 3.49. The normalized spacial score (nSPS) is 21.7. The standard InChI is InChI=1S/C8H8ClNO/c9-5-1-2-6(7-4-10-7)8(11)3-5/h1-3,7,10-11H,4H2/t7-/m1/s1. The molecule has 0 aromatic heterocycles. The van der Waals surface area contributed by atoms with Gasteiger partial charge in [-0.2, -0.15) is 0 Å². The van der Waals surface area contributed by atoms with Crippen molar-refractivity contribution in [3.63, 3.8) is 0 Å². The largest absolute Gasteiger partial charge is 0.508 e. The van der Waals surface area contributed by atoms with Crippen LogP contribution in [-0.4, -0.2) is 11.7 Å². The van der Waals surface area contributed by atoms with Crippen LogP contribution in [0.1, 0.15) is 11.6 Å². The molecule has 0 amide bonds. The Bertz CT molecular complexity index is 283. The smallest absolute Gasteiger partial charge is 0.121 e. The molecule has 0 unspecified atom stereocenters. The third kappa shape index (κ3) is 1.32. The maximum Gasteiger partial charge on any atom is 0.121 e. The van der Waals surface area contributed by atoms with Crippen molar-refractivity contribution in [3.05, 3.63) is 28.8 Å². The molecule has 2 rings (SSSR count). The molecule has 1 aromatic rings. The van der Waals surface area contributed by atoms with E-state index in [0.717, 1.165) is 12.1 Å². The van der Waals surface area contributed by atoms with Gasteiger partial charge >= 0.3 is 0 Å². The maximum atomic E-state index is 9.38. The molecule has 0 aliphatic carbocycles. The van der Waals surface area contributed by atoms with Crippen LogP contribution in [0.15, 0.2) is 18.2 Å². The van der Waals surface area contributed by atoms with Crippen LogP contribution in [0.2, 0.25) is 5.02 Å². The molecule has 2 nitrogen and oxygen atoms in total. The Morgan fingerprint density at radius 3 is 2.82 bits per heavy atom. The lowest BCUT2D eigenvalue weighted by atomic mass is 10.1. The van der Waals surface area contributed by atoms with Crippen molar-refractivity contribution in [2.45, 2.75) is 6.04 Å². The van der Waals surface area contributed by atoms with E-state index in [4.69, 9.17) is 11.6 Å². The molecule has 0 saturated carbocycles. The average Bonchev–Trinajstić information content (AvgIpc) is 2.70. The lowest BCUT2D eigenvalue weighted by Gasteiger charge is -2.00. The lowest BCUT2D eigenvalue weighted by molar-refractivity contribution is 0.468. The second-order valence-corrected chi connectivity index (χ2v) is 3.10.